The van der Waals surface area contributed by atoms with Gasteiger partial charge in [-0.05, 0) is 61.7 Å². The topological polar surface area (TPSA) is 79.8 Å². The van der Waals surface area contributed by atoms with Crippen LogP contribution in [0.2, 0.25) is 0 Å². The zero-order valence-corrected chi connectivity index (χ0v) is 23.1. The number of fused-ring (bicyclic) bond motifs is 1. The molecule has 0 atom stereocenters. The number of carbonyl (C=O) groups excluding carboxylic acids is 1. The number of hydrogen-bond acceptors (Lipinski definition) is 8. The minimum absolute atomic E-state index is 0.00690. The Morgan fingerprint density at radius 3 is 2.43 bits per heavy atom. The van der Waals surface area contributed by atoms with E-state index in [1.54, 1.807) is 35.9 Å². The molecule has 1 heterocycles. The van der Waals surface area contributed by atoms with Crippen LogP contribution in [0.5, 0.6) is 5.75 Å². The summed E-state index contributed by atoms with van der Waals surface area (Å²) in [5.41, 5.74) is 0.436. The molecule has 0 spiro atoms. The van der Waals surface area contributed by atoms with E-state index in [9.17, 15) is 13.2 Å². The van der Waals surface area contributed by atoms with Crippen molar-refractivity contribution in [2.24, 2.45) is 0 Å². The number of ether oxygens (including phenoxy) is 1. The molecule has 0 aliphatic carbocycles. The Morgan fingerprint density at radius 2 is 1.80 bits per heavy atom. The summed E-state index contributed by atoms with van der Waals surface area (Å²) in [7, 11) is -1.78. The van der Waals surface area contributed by atoms with Gasteiger partial charge in [-0.2, -0.15) is 0 Å². The second-order valence-electron chi connectivity index (χ2n) is 8.07. The fraction of sp³-hybridized carbons (Fsp3) is 0.440. The number of hydrogen-bond donors (Lipinski definition) is 0. The summed E-state index contributed by atoms with van der Waals surface area (Å²) in [6.07, 6.45) is 2.32. The average Bonchev–Trinajstić information content (AvgIpc) is 3.28. The Bertz CT molecular complexity index is 1220. The van der Waals surface area contributed by atoms with E-state index in [-0.39, 0.29) is 10.8 Å². The number of aromatic nitrogens is 1. The molecule has 0 bridgehead atoms. The Morgan fingerprint density at radius 1 is 1.09 bits per heavy atom. The van der Waals surface area contributed by atoms with Crippen molar-refractivity contribution in [2.45, 2.75) is 36.5 Å². The highest BCUT2D eigenvalue weighted by atomic mass is 32.2. The number of thiazole rings is 1. The van der Waals surface area contributed by atoms with Crippen LogP contribution in [-0.4, -0.2) is 69.5 Å². The molecule has 1 aromatic heterocycles. The first-order valence-electron chi connectivity index (χ1n) is 11.7. The van der Waals surface area contributed by atoms with Gasteiger partial charge in [0.15, 0.2) is 15.0 Å². The molecular formula is C25H33N3O4S3. The zero-order valence-electron chi connectivity index (χ0n) is 20.7. The highest BCUT2D eigenvalue weighted by molar-refractivity contribution is 7.99. The van der Waals surface area contributed by atoms with Crippen molar-refractivity contribution in [3.8, 4) is 5.75 Å². The van der Waals surface area contributed by atoms with Crippen molar-refractivity contribution < 1.29 is 17.9 Å². The second-order valence-corrected chi connectivity index (χ2v) is 12.2. The number of rotatable bonds is 13. The van der Waals surface area contributed by atoms with Gasteiger partial charge in [0.2, 0.25) is 5.91 Å². The first-order chi connectivity index (χ1) is 16.8. The molecule has 0 aliphatic heterocycles. The number of carbonyl (C=O) groups is 1. The predicted octanol–water partition coefficient (Wildman–Crippen LogP) is 4.96. The van der Waals surface area contributed by atoms with Crippen molar-refractivity contribution in [3.63, 3.8) is 0 Å². The number of methoxy groups -OCH3 is 1. The Labute approximate surface area is 216 Å². The SMILES string of the molecule is CCN(CC)CCN(C(=O)CCCSc1ccc(OC)cc1)c1nc2c(S(C)(=O)=O)cccc2s1. The molecule has 0 radical (unpaired) electrons. The molecule has 190 valence electrons. The van der Waals surface area contributed by atoms with Crippen LogP contribution in [0.25, 0.3) is 10.2 Å². The molecule has 2 aromatic carbocycles. The summed E-state index contributed by atoms with van der Waals surface area (Å²) in [5, 5.41) is 0.552. The Balaban J connectivity index is 1.74. The van der Waals surface area contributed by atoms with E-state index in [1.807, 2.05) is 30.3 Å². The molecule has 0 fully saturated rings. The van der Waals surface area contributed by atoms with Gasteiger partial charge in [-0.3, -0.25) is 9.69 Å². The summed E-state index contributed by atoms with van der Waals surface area (Å²) >= 11 is 3.07. The maximum atomic E-state index is 13.3. The van der Waals surface area contributed by atoms with Gasteiger partial charge < -0.3 is 9.64 Å². The van der Waals surface area contributed by atoms with Crippen LogP contribution in [0.4, 0.5) is 5.13 Å². The molecule has 1 amide bonds. The van der Waals surface area contributed by atoms with Gasteiger partial charge in [-0.15, -0.1) is 11.8 Å². The number of anilines is 1. The quantitative estimate of drug-likeness (QED) is 0.226. The number of likely N-dealkylation sites (N-methyl/N-ethyl adjacent to an activating group) is 1. The number of sulfone groups is 1. The molecule has 7 nitrogen and oxygen atoms in total. The second kappa shape index (κ2) is 12.7. The highest BCUT2D eigenvalue weighted by Crippen LogP contribution is 2.33. The lowest BCUT2D eigenvalue weighted by Crippen LogP contribution is -2.38. The van der Waals surface area contributed by atoms with Gasteiger partial charge in [-0.25, -0.2) is 13.4 Å². The zero-order chi connectivity index (χ0) is 25.4. The molecule has 0 saturated heterocycles. The first kappa shape index (κ1) is 27.4. The van der Waals surface area contributed by atoms with Gasteiger partial charge in [0, 0.05) is 30.7 Å². The number of nitrogens with zero attached hydrogens (tertiary/aromatic N) is 3. The lowest BCUT2D eigenvalue weighted by Gasteiger charge is -2.24. The number of para-hydroxylation sites is 1. The van der Waals surface area contributed by atoms with E-state index in [4.69, 9.17) is 4.74 Å². The summed E-state index contributed by atoms with van der Waals surface area (Å²) in [4.78, 5) is 23.3. The van der Waals surface area contributed by atoms with Gasteiger partial charge in [0.1, 0.15) is 11.3 Å². The van der Waals surface area contributed by atoms with Crippen molar-refractivity contribution in [1.29, 1.82) is 0 Å². The Hall–Kier alpha value is -2.14. The monoisotopic (exact) mass is 535 g/mol. The van der Waals surface area contributed by atoms with Crippen LogP contribution in [0, 0.1) is 0 Å². The molecule has 10 heteroatoms. The minimum Gasteiger partial charge on any atom is -0.497 e. The van der Waals surface area contributed by atoms with E-state index in [2.05, 4.69) is 23.7 Å². The third-order valence-corrected chi connectivity index (χ3v) is 8.97. The van der Waals surface area contributed by atoms with Crippen molar-refractivity contribution in [1.82, 2.24) is 9.88 Å². The summed E-state index contributed by atoms with van der Waals surface area (Å²) in [5.74, 6) is 1.65. The third kappa shape index (κ3) is 7.42. The van der Waals surface area contributed by atoms with Crippen LogP contribution in [0.3, 0.4) is 0 Å². The lowest BCUT2D eigenvalue weighted by molar-refractivity contribution is -0.118. The predicted molar refractivity (Wildman–Crippen MR) is 146 cm³/mol. The molecule has 0 saturated carbocycles. The minimum atomic E-state index is -3.42. The van der Waals surface area contributed by atoms with Crippen LogP contribution in [0.15, 0.2) is 52.3 Å². The highest BCUT2D eigenvalue weighted by Gasteiger charge is 2.22. The molecule has 3 aromatic rings. The van der Waals surface area contributed by atoms with Gasteiger partial charge in [-0.1, -0.05) is 31.3 Å². The number of thioether (sulfide) groups is 1. The molecule has 0 N–H and O–H groups in total. The maximum absolute atomic E-state index is 13.3. The van der Waals surface area contributed by atoms with E-state index in [1.165, 1.54) is 17.6 Å². The normalized spacial score (nSPS) is 11.8. The summed E-state index contributed by atoms with van der Waals surface area (Å²) in [6.45, 7) is 7.24. The molecule has 3 rings (SSSR count). The smallest absolute Gasteiger partial charge is 0.228 e. The lowest BCUT2D eigenvalue weighted by atomic mass is 10.3. The van der Waals surface area contributed by atoms with Gasteiger partial charge in [0.25, 0.3) is 0 Å². The maximum Gasteiger partial charge on any atom is 0.228 e. The van der Waals surface area contributed by atoms with E-state index < -0.39 is 9.84 Å². The van der Waals surface area contributed by atoms with E-state index in [0.29, 0.717) is 23.6 Å². The molecular weight excluding hydrogens is 502 g/mol. The van der Waals surface area contributed by atoms with Crippen LogP contribution < -0.4 is 9.64 Å². The molecule has 35 heavy (non-hydrogen) atoms. The van der Waals surface area contributed by atoms with Crippen molar-refractivity contribution in [3.05, 3.63) is 42.5 Å². The first-order valence-corrected chi connectivity index (χ1v) is 15.3. The standard InChI is InChI=1S/C25H33N3O4S3/c1-5-27(6-2)16-17-28(23(29)11-8-18-33-20-14-12-19(32-3)13-15-20)25-26-24-21(34-25)9-7-10-22(24)35(4,30)31/h7,9-10,12-15H,5-6,8,11,16-18H2,1-4H3. The molecule has 0 unspecified atom stereocenters. The van der Waals surface area contributed by atoms with Crippen LogP contribution in [-0.2, 0) is 14.6 Å². The van der Waals surface area contributed by atoms with E-state index >= 15 is 0 Å². The van der Waals surface area contributed by atoms with E-state index in [0.717, 1.165) is 47.2 Å². The molecule has 0 aliphatic rings. The van der Waals surface area contributed by atoms with Crippen molar-refractivity contribution >= 4 is 54.2 Å². The Kier molecular flexibility index (Phi) is 9.97. The van der Waals surface area contributed by atoms with Gasteiger partial charge in [0.05, 0.1) is 16.7 Å². The van der Waals surface area contributed by atoms with Crippen LogP contribution >= 0.6 is 23.1 Å². The number of benzene rings is 2. The van der Waals surface area contributed by atoms with Crippen molar-refractivity contribution in [2.75, 3.05) is 50.2 Å². The van der Waals surface area contributed by atoms with Crippen LogP contribution in [0.1, 0.15) is 26.7 Å². The fourth-order valence-electron chi connectivity index (χ4n) is 3.65. The third-order valence-electron chi connectivity index (χ3n) is 5.70. The number of amides is 1. The largest absolute Gasteiger partial charge is 0.497 e. The van der Waals surface area contributed by atoms with Gasteiger partial charge >= 0.3 is 0 Å². The fourth-order valence-corrected chi connectivity index (χ4v) is 6.44. The summed E-state index contributed by atoms with van der Waals surface area (Å²) in [6, 6.07) is 13.0. The summed E-state index contributed by atoms with van der Waals surface area (Å²) < 4.78 is 30.5. The average molecular weight is 536 g/mol.